The second-order valence-electron chi connectivity index (χ2n) is 11.0. The third-order valence-electron chi connectivity index (χ3n) is 7.86. The van der Waals surface area contributed by atoms with E-state index in [0.29, 0.717) is 36.8 Å². The first-order chi connectivity index (χ1) is 22.5. The number of aromatic nitrogens is 4. The quantitative estimate of drug-likeness (QED) is 0.202. The number of hydrogen-bond acceptors (Lipinski definition) is 8. The van der Waals surface area contributed by atoms with Crippen LogP contribution >= 0.6 is 11.3 Å². The molecule has 2 amide bonds. The van der Waals surface area contributed by atoms with E-state index in [1.807, 2.05) is 93.7 Å². The van der Waals surface area contributed by atoms with Crippen LogP contribution in [0, 0.1) is 0 Å². The first kappa shape index (κ1) is 29.3. The van der Waals surface area contributed by atoms with Gasteiger partial charge in [-0.25, -0.2) is 15.0 Å². The van der Waals surface area contributed by atoms with E-state index in [2.05, 4.69) is 21.7 Å². The second kappa shape index (κ2) is 12.9. The van der Waals surface area contributed by atoms with E-state index in [1.54, 1.807) is 17.5 Å². The van der Waals surface area contributed by atoms with Crippen LogP contribution in [0.1, 0.15) is 16.0 Å². The van der Waals surface area contributed by atoms with Crippen LogP contribution in [0.15, 0.2) is 96.6 Å². The van der Waals surface area contributed by atoms with Crippen LogP contribution in [-0.2, 0) is 33.7 Å². The van der Waals surface area contributed by atoms with Gasteiger partial charge >= 0.3 is 0 Å². The van der Waals surface area contributed by atoms with Gasteiger partial charge in [-0.15, -0.1) is 11.3 Å². The lowest BCUT2D eigenvalue weighted by molar-refractivity contribution is -0.136. The number of methoxy groups -OCH3 is 1. The zero-order chi connectivity index (χ0) is 31.5. The molecule has 230 valence electrons. The summed E-state index contributed by atoms with van der Waals surface area (Å²) in [6.45, 7) is 1.32. The highest BCUT2D eigenvalue weighted by molar-refractivity contribution is 7.10. The minimum absolute atomic E-state index is 0.00189. The smallest absolute Gasteiger partial charge is 0.248 e. The van der Waals surface area contributed by atoms with Crippen molar-refractivity contribution in [1.29, 1.82) is 0 Å². The van der Waals surface area contributed by atoms with E-state index < -0.39 is 0 Å². The number of carbonyl (C=O) groups is 2. The molecule has 6 aromatic rings. The van der Waals surface area contributed by atoms with E-state index in [1.165, 1.54) is 12.7 Å². The Labute approximate surface area is 269 Å². The van der Waals surface area contributed by atoms with Crippen LogP contribution in [-0.4, -0.2) is 56.3 Å². The molecular weight excluding hydrogens is 598 g/mol. The normalized spacial score (nSPS) is 12.6. The predicted octanol–water partition coefficient (Wildman–Crippen LogP) is 5.98. The summed E-state index contributed by atoms with van der Waals surface area (Å²) in [7, 11) is 1.54. The number of rotatable bonds is 9. The number of imidazole rings is 1. The standard InChI is InChI=1S/C35H31N7O3S/c1-45-22-32(44)41-16-13-23-18-27(11-10-25(23)21-41)38-35-36-14-12-29(39-35)34-33(40-30-9-2-3-15-42(30)34)24-6-4-7-26(19-24)37-31(43)20-28-8-5-17-46-28/h2-12,14-15,17-19H,13,16,20-22H2,1H3,(H,37,43)(H,36,38,39). The van der Waals surface area contributed by atoms with Crippen molar-refractivity contribution >= 4 is 46.1 Å². The topological polar surface area (TPSA) is 114 Å². The third-order valence-corrected chi connectivity index (χ3v) is 8.73. The molecule has 0 saturated heterocycles. The average Bonchev–Trinajstić information content (AvgIpc) is 3.73. The molecule has 0 spiro atoms. The molecule has 10 nitrogen and oxygen atoms in total. The summed E-state index contributed by atoms with van der Waals surface area (Å²) in [4.78, 5) is 42.2. The Morgan fingerprint density at radius 1 is 0.957 bits per heavy atom. The van der Waals surface area contributed by atoms with Crippen LogP contribution in [0.3, 0.4) is 0 Å². The zero-order valence-corrected chi connectivity index (χ0v) is 26.0. The van der Waals surface area contributed by atoms with Crippen molar-refractivity contribution < 1.29 is 14.3 Å². The van der Waals surface area contributed by atoms with Crippen LogP contribution in [0.25, 0.3) is 28.3 Å². The predicted molar refractivity (Wildman–Crippen MR) is 179 cm³/mol. The number of benzene rings is 2. The number of carbonyl (C=O) groups excluding carboxylic acids is 2. The SMILES string of the molecule is COCC(=O)N1CCc2cc(Nc3nccc(-c4c(-c5cccc(NC(=O)Cc6cccs6)c5)nc5ccccn45)n3)ccc2C1. The number of fused-ring (bicyclic) bond motifs is 2. The lowest BCUT2D eigenvalue weighted by Crippen LogP contribution is -2.38. The van der Waals surface area contributed by atoms with E-state index >= 15 is 0 Å². The number of amides is 2. The molecule has 0 unspecified atom stereocenters. The van der Waals surface area contributed by atoms with Gasteiger partial charge < -0.3 is 20.3 Å². The molecule has 0 bridgehead atoms. The fraction of sp³-hybridized carbons (Fsp3) is 0.171. The molecular formula is C35H31N7O3S. The molecule has 2 N–H and O–H groups in total. The van der Waals surface area contributed by atoms with E-state index in [-0.39, 0.29) is 18.4 Å². The molecule has 11 heteroatoms. The van der Waals surface area contributed by atoms with Gasteiger partial charge in [0.25, 0.3) is 0 Å². The highest BCUT2D eigenvalue weighted by Crippen LogP contribution is 2.34. The fourth-order valence-corrected chi connectivity index (χ4v) is 6.40. The molecule has 2 aromatic carbocycles. The van der Waals surface area contributed by atoms with Gasteiger partial charge in [-0.3, -0.25) is 14.0 Å². The Bertz CT molecular complexity index is 2040. The fourth-order valence-electron chi connectivity index (χ4n) is 5.70. The summed E-state index contributed by atoms with van der Waals surface area (Å²) in [5.74, 6) is 0.384. The molecule has 0 saturated carbocycles. The Hall–Kier alpha value is -5.39. The van der Waals surface area contributed by atoms with E-state index in [9.17, 15) is 9.59 Å². The number of nitrogens with zero attached hydrogens (tertiary/aromatic N) is 5. The maximum atomic E-state index is 12.7. The Balaban J connectivity index is 1.16. The monoisotopic (exact) mass is 629 g/mol. The Kier molecular flexibility index (Phi) is 8.24. The van der Waals surface area contributed by atoms with Crippen LogP contribution < -0.4 is 10.6 Å². The molecule has 1 aliphatic rings. The van der Waals surface area contributed by atoms with Crippen molar-refractivity contribution in [3.8, 4) is 22.6 Å². The van der Waals surface area contributed by atoms with Gasteiger partial charge in [-0.05, 0) is 71.5 Å². The van der Waals surface area contributed by atoms with Crippen LogP contribution in [0.5, 0.6) is 0 Å². The molecule has 0 aliphatic carbocycles. The third kappa shape index (κ3) is 6.23. The van der Waals surface area contributed by atoms with Gasteiger partial charge in [-0.2, -0.15) is 0 Å². The van der Waals surface area contributed by atoms with Crippen molar-refractivity contribution in [3.63, 3.8) is 0 Å². The van der Waals surface area contributed by atoms with Gasteiger partial charge in [0.1, 0.15) is 12.3 Å². The minimum atomic E-state index is -0.0690. The number of thiophene rings is 1. The first-order valence-corrected chi connectivity index (χ1v) is 15.8. The maximum Gasteiger partial charge on any atom is 0.248 e. The van der Waals surface area contributed by atoms with Crippen LogP contribution in [0.2, 0.25) is 0 Å². The molecule has 1 aliphatic heterocycles. The highest BCUT2D eigenvalue weighted by atomic mass is 32.1. The minimum Gasteiger partial charge on any atom is -0.375 e. The molecule has 0 fully saturated rings. The zero-order valence-electron chi connectivity index (χ0n) is 25.1. The van der Waals surface area contributed by atoms with Gasteiger partial charge in [0, 0.05) is 54.4 Å². The van der Waals surface area contributed by atoms with Crippen molar-refractivity contribution in [1.82, 2.24) is 24.3 Å². The molecule has 0 atom stereocenters. The summed E-state index contributed by atoms with van der Waals surface area (Å²) in [5, 5.41) is 8.36. The van der Waals surface area contributed by atoms with Crippen LogP contribution in [0.4, 0.5) is 17.3 Å². The molecule has 7 rings (SSSR count). The van der Waals surface area contributed by atoms with Gasteiger partial charge in [-0.1, -0.05) is 30.3 Å². The number of anilines is 3. The number of hydrogen-bond donors (Lipinski definition) is 2. The highest BCUT2D eigenvalue weighted by Gasteiger charge is 2.22. The number of ether oxygens (including phenoxy) is 1. The molecule has 46 heavy (non-hydrogen) atoms. The van der Waals surface area contributed by atoms with Crippen molar-refractivity contribution in [2.24, 2.45) is 0 Å². The number of nitrogens with one attached hydrogen (secondary N) is 2. The lowest BCUT2D eigenvalue weighted by atomic mass is 9.99. The summed E-state index contributed by atoms with van der Waals surface area (Å²) in [6.07, 6.45) is 4.79. The number of pyridine rings is 1. The average molecular weight is 630 g/mol. The summed E-state index contributed by atoms with van der Waals surface area (Å²) in [6, 6.07) is 25.5. The van der Waals surface area contributed by atoms with Gasteiger partial charge in [0.2, 0.25) is 17.8 Å². The Morgan fingerprint density at radius 2 is 1.89 bits per heavy atom. The molecule has 0 radical (unpaired) electrons. The van der Waals surface area contributed by atoms with E-state index in [0.717, 1.165) is 45.1 Å². The molecule has 4 aromatic heterocycles. The maximum absolute atomic E-state index is 12.7. The first-order valence-electron chi connectivity index (χ1n) is 14.9. The Morgan fingerprint density at radius 3 is 2.76 bits per heavy atom. The summed E-state index contributed by atoms with van der Waals surface area (Å²) in [5.41, 5.74) is 7.77. The van der Waals surface area contributed by atoms with Crippen molar-refractivity contribution in [3.05, 3.63) is 113 Å². The largest absolute Gasteiger partial charge is 0.375 e. The summed E-state index contributed by atoms with van der Waals surface area (Å²) < 4.78 is 7.04. The molecule has 5 heterocycles. The van der Waals surface area contributed by atoms with Crippen molar-refractivity contribution in [2.45, 2.75) is 19.4 Å². The van der Waals surface area contributed by atoms with Gasteiger partial charge in [0.05, 0.1) is 23.5 Å². The summed E-state index contributed by atoms with van der Waals surface area (Å²) >= 11 is 1.57. The second-order valence-corrected chi connectivity index (χ2v) is 12.0. The van der Waals surface area contributed by atoms with E-state index in [4.69, 9.17) is 14.7 Å². The van der Waals surface area contributed by atoms with Crippen molar-refractivity contribution in [2.75, 3.05) is 30.9 Å². The van der Waals surface area contributed by atoms with Gasteiger partial charge in [0.15, 0.2) is 0 Å². The lowest BCUT2D eigenvalue weighted by Gasteiger charge is -2.29.